The molecule has 0 spiro atoms. The van der Waals surface area contributed by atoms with Gasteiger partial charge in [0.15, 0.2) is 5.69 Å². The molecule has 1 amide bonds. The van der Waals surface area contributed by atoms with E-state index in [2.05, 4.69) is 25.5 Å². The Balaban J connectivity index is 1.38. The lowest BCUT2D eigenvalue weighted by atomic mass is 10.0. The number of aromatic nitrogens is 4. The van der Waals surface area contributed by atoms with Gasteiger partial charge in [-0.25, -0.2) is 13.2 Å². The summed E-state index contributed by atoms with van der Waals surface area (Å²) in [5.41, 5.74) is 3.30. The first kappa shape index (κ1) is 22.0. The van der Waals surface area contributed by atoms with Crippen LogP contribution in [0, 0.1) is 5.82 Å². The maximum Gasteiger partial charge on any atom is 0.276 e. The molecule has 0 saturated carbocycles. The Morgan fingerprint density at radius 2 is 1.88 bits per heavy atom. The minimum Gasteiger partial charge on any atom is -0.317 e. The molecule has 5 rings (SSSR count). The van der Waals surface area contributed by atoms with Crippen molar-refractivity contribution in [2.45, 2.75) is 25.3 Å². The molecule has 1 aliphatic rings. The van der Waals surface area contributed by atoms with Gasteiger partial charge in [-0.2, -0.15) is 5.10 Å². The van der Waals surface area contributed by atoms with E-state index in [4.69, 9.17) is 0 Å². The zero-order valence-corrected chi connectivity index (χ0v) is 18.1. The largest absolute Gasteiger partial charge is 0.317 e. The smallest absolute Gasteiger partial charge is 0.276 e. The first-order chi connectivity index (χ1) is 16.4. The van der Waals surface area contributed by atoms with Crippen LogP contribution in [0.15, 0.2) is 55.1 Å². The van der Waals surface area contributed by atoms with Crippen molar-refractivity contribution in [3.8, 4) is 11.1 Å². The van der Waals surface area contributed by atoms with Crippen LogP contribution in [0.25, 0.3) is 22.0 Å². The predicted octanol–water partition coefficient (Wildman–Crippen LogP) is 4.64. The summed E-state index contributed by atoms with van der Waals surface area (Å²) in [5.74, 6) is -3.74. The molecule has 1 aromatic carbocycles. The Morgan fingerprint density at radius 3 is 2.68 bits per heavy atom. The van der Waals surface area contributed by atoms with Crippen LogP contribution < -0.4 is 5.32 Å². The number of hydrogen-bond acceptors (Lipinski definition) is 5. The normalized spacial score (nSPS) is 16.0. The number of amides is 1. The average molecular weight is 466 g/mol. The highest BCUT2D eigenvalue weighted by atomic mass is 19.3. The molecule has 0 aliphatic carbocycles. The van der Waals surface area contributed by atoms with Crippen molar-refractivity contribution in [3.63, 3.8) is 0 Å². The summed E-state index contributed by atoms with van der Waals surface area (Å²) in [6.07, 6.45) is 5.70. The number of alkyl halides is 2. The highest BCUT2D eigenvalue weighted by Gasteiger charge is 2.33. The number of aromatic amines is 1. The summed E-state index contributed by atoms with van der Waals surface area (Å²) in [6, 6.07) is 8.62. The summed E-state index contributed by atoms with van der Waals surface area (Å²) >= 11 is 0. The Morgan fingerprint density at radius 1 is 1.06 bits per heavy atom. The van der Waals surface area contributed by atoms with Gasteiger partial charge in [0.25, 0.3) is 11.8 Å². The standard InChI is InChI=1S/C24H21F3N6O/c25-19-3-6-28-13-21(19)30-23(34)22-18-10-16(1-2-20(18)31-32-22)17-9-15(11-29-12-17)14-33-7-4-24(26,27)5-8-33/h1-3,6,9-13H,4-5,7-8,14H2,(H,30,34)(H,31,32). The van der Waals surface area contributed by atoms with Crippen LogP contribution in [-0.4, -0.2) is 50.0 Å². The van der Waals surface area contributed by atoms with E-state index < -0.39 is 17.6 Å². The molecule has 1 fully saturated rings. The molecule has 10 heteroatoms. The predicted molar refractivity (Wildman–Crippen MR) is 121 cm³/mol. The quantitative estimate of drug-likeness (QED) is 0.448. The van der Waals surface area contributed by atoms with Gasteiger partial charge in [0.05, 0.1) is 17.4 Å². The number of hydrogen-bond donors (Lipinski definition) is 2. The third kappa shape index (κ3) is 4.62. The van der Waals surface area contributed by atoms with Gasteiger partial charge in [0.2, 0.25) is 0 Å². The minimum absolute atomic E-state index is 0.0350. The van der Waals surface area contributed by atoms with E-state index in [1.807, 2.05) is 23.1 Å². The summed E-state index contributed by atoms with van der Waals surface area (Å²) in [4.78, 5) is 22.9. The summed E-state index contributed by atoms with van der Waals surface area (Å²) in [7, 11) is 0. The van der Waals surface area contributed by atoms with E-state index in [9.17, 15) is 18.0 Å². The lowest BCUT2D eigenvalue weighted by molar-refractivity contribution is -0.0566. The molecular weight excluding hydrogens is 445 g/mol. The van der Waals surface area contributed by atoms with Gasteiger partial charge >= 0.3 is 0 Å². The molecule has 0 bridgehead atoms. The Hall–Kier alpha value is -3.79. The molecule has 0 atom stereocenters. The Bertz CT molecular complexity index is 1350. The van der Waals surface area contributed by atoms with Crippen molar-refractivity contribution in [2.24, 2.45) is 0 Å². The molecule has 4 heterocycles. The second-order valence-electron chi connectivity index (χ2n) is 8.36. The number of rotatable bonds is 5. The van der Waals surface area contributed by atoms with Crippen LogP contribution in [0.3, 0.4) is 0 Å². The average Bonchev–Trinajstić information content (AvgIpc) is 3.26. The van der Waals surface area contributed by atoms with Crippen molar-refractivity contribution >= 4 is 22.5 Å². The van der Waals surface area contributed by atoms with Crippen molar-refractivity contribution in [1.82, 2.24) is 25.1 Å². The first-order valence-corrected chi connectivity index (χ1v) is 10.8. The van der Waals surface area contributed by atoms with Crippen molar-refractivity contribution < 1.29 is 18.0 Å². The van der Waals surface area contributed by atoms with Gasteiger partial charge in [0.1, 0.15) is 5.82 Å². The van der Waals surface area contributed by atoms with Gasteiger partial charge in [-0.05, 0) is 35.4 Å². The maximum atomic E-state index is 13.9. The minimum atomic E-state index is -2.58. The molecule has 1 aliphatic heterocycles. The van der Waals surface area contributed by atoms with Crippen LogP contribution in [0.1, 0.15) is 28.9 Å². The topological polar surface area (TPSA) is 86.8 Å². The number of pyridine rings is 2. The van der Waals surface area contributed by atoms with Gasteiger partial charge in [-0.15, -0.1) is 0 Å². The number of nitrogens with zero attached hydrogens (tertiary/aromatic N) is 4. The van der Waals surface area contributed by atoms with Crippen LogP contribution in [0.2, 0.25) is 0 Å². The highest BCUT2D eigenvalue weighted by molar-refractivity contribution is 6.11. The SMILES string of the molecule is O=C(Nc1cnccc1F)c1n[nH]c2ccc(-c3cncc(CN4CCC(F)(F)CC4)c3)cc12. The molecule has 0 unspecified atom stereocenters. The third-order valence-electron chi connectivity index (χ3n) is 5.92. The fourth-order valence-corrected chi connectivity index (χ4v) is 4.05. The van der Waals surface area contributed by atoms with Crippen LogP contribution in [-0.2, 0) is 6.54 Å². The molecule has 4 aromatic rings. The maximum absolute atomic E-state index is 13.9. The van der Waals surface area contributed by atoms with Crippen molar-refractivity contribution in [2.75, 3.05) is 18.4 Å². The summed E-state index contributed by atoms with van der Waals surface area (Å²) < 4.78 is 40.8. The molecule has 1 saturated heterocycles. The number of H-pyrrole nitrogens is 1. The monoisotopic (exact) mass is 466 g/mol. The lowest BCUT2D eigenvalue weighted by Crippen LogP contribution is -2.38. The third-order valence-corrected chi connectivity index (χ3v) is 5.92. The summed E-state index contributed by atoms with van der Waals surface area (Å²) in [6.45, 7) is 1.22. The number of carbonyl (C=O) groups is 1. The number of likely N-dealkylation sites (tertiary alicyclic amines) is 1. The summed E-state index contributed by atoms with van der Waals surface area (Å²) in [5, 5.41) is 9.98. The molecule has 2 N–H and O–H groups in total. The fraction of sp³-hybridized carbons (Fsp3) is 0.250. The highest BCUT2D eigenvalue weighted by Crippen LogP contribution is 2.30. The molecule has 174 valence electrons. The van der Waals surface area contributed by atoms with Crippen LogP contribution >= 0.6 is 0 Å². The van der Waals surface area contributed by atoms with Crippen molar-refractivity contribution in [3.05, 3.63) is 72.2 Å². The zero-order valence-electron chi connectivity index (χ0n) is 18.1. The first-order valence-electron chi connectivity index (χ1n) is 10.8. The molecule has 3 aromatic heterocycles. The number of halogens is 3. The second kappa shape index (κ2) is 8.86. The van der Waals surface area contributed by atoms with E-state index in [0.717, 1.165) is 22.8 Å². The van der Waals surface area contributed by atoms with Crippen molar-refractivity contribution in [1.29, 1.82) is 0 Å². The second-order valence-corrected chi connectivity index (χ2v) is 8.36. The van der Waals surface area contributed by atoms with E-state index in [0.29, 0.717) is 30.5 Å². The van der Waals surface area contributed by atoms with E-state index in [1.165, 1.54) is 12.4 Å². The number of piperidine rings is 1. The number of anilines is 1. The fourth-order valence-electron chi connectivity index (χ4n) is 4.05. The lowest BCUT2D eigenvalue weighted by Gasteiger charge is -2.31. The van der Waals surface area contributed by atoms with Crippen LogP contribution in [0.5, 0.6) is 0 Å². The van der Waals surface area contributed by atoms with Crippen LogP contribution in [0.4, 0.5) is 18.9 Å². The van der Waals surface area contributed by atoms with Gasteiger partial charge in [-0.3, -0.25) is 24.8 Å². The van der Waals surface area contributed by atoms with E-state index >= 15 is 0 Å². The van der Waals surface area contributed by atoms with Gasteiger partial charge in [-0.1, -0.05) is 6.07 Å². The number of nitrogens with one attached hydrogen (secondary N) is 2. The Kier molecular flexibility index (Phi) is 5.74. The molecule has 7 nitrogen and oxygen atoms in total. The number of benzene rings is 1. The molecule has 0 radical (unpaired) electrons. The van der Waals surface area contributed by atoms with Gasteiger partial charge in [0, 0.05) is 62.0 Å². The van der Waals surface area contributed by atoms with E-state index in [-0.39, 0.29) is 24.2 Å². The number of carbonyl (C=O) groups excluding carboxylic acids is 1. The van der Waals surface area contributed by atoms with Gasteiger partial charge < -0.3 is 5.32 Å². The molecule has 34 heavy (non-hydrogen) atoms. The van der Waals surface area contributed by atoms with E-state index in [1.54, 1.807) is 18.5 Å². The zero-order chi connectivity index (χ0) is 23.7. The molecular formula is C24H21F3N6O. The Labute approximate surface area is 193 Å². The number of fused-ring (bicyclic) bond motifs is 1.